The van der Waals surface area contributed by atoms with Gasteiger partial charge in [0, 0.05) is 19.3 Å². The average Bonchev–Trinajstić information content (AvgIpc) is 3.46. The van der Waals surface area contributed by atoms with Gasteiger partial charge in [0.15, 0.2) is 24.6 Å². The van der Waals surface area contributed by atoms with Gasteiger partial charge in [-0.2, -0.15) is 0 Å². The van der Waals surface area contributed by atoms with Gasteiger partial charge in [0.05, 0.1) is 6.61 Å². The van der Waals surface area contributed by atoms with Crippen LogP contribution in [0.25, 0.3) is 0 Å². The van der Waals surface area contributed by atoms with Crippen molar-refractivity contribution in [1.82, 2.24) is 0 Å². The van der Waals surface area contributed by atoms with E-state index in [1.165, 1.54) is 0 Å². The molecule has 0 aromatic carbocycles. The Kier molecular flexibility index (Phi) is 48.3. The quantitative estimate of drug-likeness (QED) is 0.0228. The first-order valence-corrected chi connectivity index (χ1v) is 29.8. The van der Waals surface area contributed by atoms with Crippen molar-refractivity contribution in [1.29, 1.82) is 0 Å². The lowest BCUT2D eigenvalue weighted by Crippen LogP contribution is -2.61. The molecule has 1 rings (SSSR count). The maximum atomic E-state index is 13.1. The second-order valence-corrected chi connectivity index (χ2v) is 19.5. The molecule has 0 saturated carbocycles. The summed E-state index contributed by atoms with van der Waals surface area (Å²) in [7, 11) is 0. The van der Waals surface area contributed by atoms with Crippen LogP contribution in [0.1, 0.15) is 201 Å². The molecule has 0 radical (unpaired) electrons. The lowest BCUT2D eigenvalue weighted by Gasteiger charge is -2.40. The number of carboxylic acid groups (broad SMARTS) is 1. The van der Waals surface area contributed by atoms with Gasteiger partial charge in [-0.1, -0.05) is 192 Å². The fraction of sp³-hybridized carbons (Fsp3) is 0.582. The van der Waals surface area contributed by atoms with Crippen molar-refractivity contribution in [2.45, 2.75) is 237 Å². The van der Waals surface area contributed by atoms with E-state index in [1.54, 1.807) is 0 Å². The molecule has 0 aliphatic carbocycles. The highest BCUT2D eigenvalue weighted by Crippen LogP contribution is 2.26. The summed E-state index contributed by atoms with van der Waals surface area (Å²) in [5, 5.41) is 31.5. The molecular weight excluding hydrogens is 997 g/mol. The van der Waals surface area contributed by atoms with Crippen molar-refractivity contribution < 1.29 is 58.2 Å². The zero-order valence-electron chi connectivity index (χ0n) is 48.5. The van der Waals surface area contributed by atoms with Gasteiger partial charge >= 0.3 is 23.9 Å². The number of aliphatic hydroxyl groups excluding tert-OH is 2. The van der Waals surface area contributed by atoms with Crippen molar-refractivity contribution in [2.75, 3.05) is 13.2 Å². The number of unbranched alkanes of at least 4 members (excludes halogenated alkanes) is 10. The average molecular weight is 1100 g/mol. The number of rotatable bonds is 48. The highest BCUT2D eigenvalue weighted by Gasteiger charge is 2.50. The molecule has 1 fully saturated rings. The van der Waals surface area contributed by atoms with Crippen LogP contribution >= 0.6 is 0 Å². The fourth-order valence-corrected chi connectivity index (χ4v) is 7.93. The van der Waals surface area contributed by atoms with Crippen LogP contribution in [0.15, 0.2) is 146 Å². The van der Waals surface area contributed by atoms with E-state index in [0.29, 0.717) is 19.3 Å². The lowest BCUT2D eigenvalue weighted by molar-refractivity contribution is -0.301. The van der Waals surface area contributed by atoms with Gasteiger partial charge in [0.25, 0.3) is 0 Å². The van der Waals surface area contributed by atoms with Crippen LogP contribution in [-0.4, -0.2) is 89.2 Å². The summed E-state index contributed by atoms with van der Waals surface area (Å²) in [6.45, 7) is 5.56. The van der Waals surface area contributed by atoms with Crippen LogP contribution in [-0.2, 0) is 42.9 Å². The van der Waals surface area contributed by atoms with Gasteiger partial charge in [-0.05, 0) is 135 Å². The molecule has 1 heterocycles. The van der Waals surface area contributed by atoms with Crippen LogP contribution in [0.2, 0.25) is 0 Å². The van der Waals surface area contributed by atoms with Crippen molar-refractivity contribution in [3.05, 3.63) is 146 Å². The van der Waals surface area contributed by atoms with Gasteiger partial charge in [0.1, 0.15) is 18.8 Å². The largest absolute Gasteiger partial charge is 0.479 e. The molecule has 1 saturated heterocycles. The number of hydrogen-bond acceptors (Lipinski definition) is 11. The molecule has 6 atom stereocenters. The highest BCUT2D eigenvalue weighted by atomic mass is 16.7. The molecule has 6 unspecified atom stereocenters. The first kappa shape index (κ1) is 71.6. The number of esters is 3. The van der Waals surface area contributed by atoms with E-state index in [1.807, 2.05) is 0 Å². The number of ether oxygens (including phenoxy) is 5. The van der Waals surface area contributed by atoms with E-state index in [9.17, 15) is 34.5 Å². The van der Waals surface area contributed by atoms with Gasteiger partial charge in [-0.3, -0.25) is 14.4 Å². The number of allylic oxidation sites excluding steroid dienone is 24. The van der Waals surface area contributed by atoms with Crippen LogP contribution in [0.5, 0.6) is 0 Å². The van der Waals surface area contributed by atoms with E-state index < -0.39 is 67.3 Å². The van der Waals surface area contributed by atoms with Gasteiger partial charge in [-0.15, -0.1) is 0 Å². The normalized spacial score (nSPS) is 18.9. The van der Waals surface area contributed by atoms with Crippen molar-refractivity contribution in [3.63, 3.8) is 0 Å². The predicted molar refractivity (Wildman–Crippen MR) is 321 cm³/mol. The first-order chi connectivity index (χ1) is 38.6. The summed E-state index contributed by atoms with van der Waals surface area (Å²) in [4.78, 5) is 51.2. The summed E-state index contributed by atoms with van der Waals surface area (Å²) < 4.78 is 28.3. The summed E-state index contributed by atoms with van der Waals surface area (Å²) in [5.74, 6) is -3.27. The third-order valence-corrected chi connectivity index (χ3v) is 12.4. The molecule has 0 aromatic heterocycles. The second kappa shape index (κ2) is 53.3. The summed E-state index contributed by atoms with van der Waals surface area (Å²) >= 11 is 0. The zero-order chi connectivity index (χ0) is 57.5. The Morgan fingerprint density at radius 2 is 0.759 bits per heavy atom. The minimum Gasteiger partial charge on any atom is -0.479 e. The number of aliphatic hydroxyl groups is 2. The third kappa shape index (κ3) is 43.1. The maximum Gasteiger partial charge on any atom is 0.335 e. The molecule has 12 heteroatoms. The molecule has 0 aromatic rings. The molecule has 1 aliphatic rings. The molecular formula is C67H102O12. The number of carbonyl (C=O) groups is 4. The fourth-order valence-electron chi connectivity index (χ4n) is 7.93. The Bertz CT molecular complexity index is 1930. The molecule has 12 nitrogen and oxygen atoms in total. The summed E-state index contributed by atoms with van der Waals surface area (Å²) in [5.41, 5.74) is 0. The monoisotopic (exact) mass is 1100 g/mol. The summed E-state index contributed by atoms with van der Waals surface area (Å²) in [6.07, 6.45) is 63.9. The van der Waals surface area contributed by atoms with E-state index in [4.69, 9.17) is 23.7 Å². The Balaban J connectivity index is 2.76. The smallest absolute Gasteiger partial charge is 0.335 e. The maximum absolute atomic E-state index is 13.1. The van der Waals surface area contributed by atoms with Crippen molar-refractivity contribution >= 4 is 23.9 Å². The number of carbonyl (C=O) groups excluding carboxylic acids is 3. The topological polar surface area (TPSA) is 175 Å². The van der Waals surface area contributed by atoms with E-state index in [-0.39, 0.29) is 25.9 Å². The molecule has 79 heavy (non-hydrogen) atoms. The summed E-state index contributed by atoms with van der Waals surface area (Å²) in [6, 6.07) is 0. The molecule has 0 amide bonds. The Hall–Kier alpha value is -5.40. The van der Waals surface area contributed by atoms with E-state index in [2.05, 4.69) is 167 Å². The van der Waals surface area contributed by atoms with Gasteiger partial charge in [0.2, 0.25) is 0 Å². The van der Waals surface area contributed by atoms with Crippen LogP contribution in [0, 0.1) is 0 Å². The lowest BCUT2D eigenvalue weighted by atomic mass is 9.98. The molecule has 0 spiro atoms. The number of aliphatic carboxylic acids is 1. The Morgan fingerprint density at radius 1 is 0.418 bits per heavy atom. The molecule has 1 aliphatic heterocycles. The van der Waals surface area contributed by atoms with E-state index in [0.717, 1.165) is 141 Å². The Morgan fingerprint density at radius 3 is 1.19 bits per heavy atom. The third-order valence-electron chi connectivity index (χ3n) is 12.4. The molecule has 3 N–H and O–H groups in total. The second-order valence-electron chi connectivity index (χ2n) is 19.5. The van der Waals surface area contributed by atoms with Crippen LogP contribution in [0.3, 0.4) is 0 Å². The SMILES string of the molecule is CC/C=C\C/C=C\C/C=C\C/C=C\C/C=C\CCCCCC(=O)OCC(COC1OC(C(=O)O)C(O)C(O)C1OC(=O)CCCCCCC/C=C\C/C=C\C/C=C\CC)OC(=O)CCCC/C=C\C/C=C\C/C=C\C/C=C\CC. The van der Waals surface area contributed by atoms with Crippen molar-refractivity contribution in [2.24, 2.45) is 0 Å². The zero-order valence-corrected chi connectivity index (χ0v) is 48.5. The molecule has 0 bridgehead atoms. The number of hydrogen-bond donors (Lipinski definition) is 3. The highest BCUT2D eigenvalue weighted by molar-refractivity contribution is 5.74. The van der Waals surface area contributed by atoms with Gasteiger partial charge < -0.3 is 39.0 Å². The van der Waals surface area contributed by atoms with Crippen molar-refractivity contribution in [3.8, 4) is 0 Å². The van der Waals surface area contributed by atoms with Gasteiger partial charge in [-0.25, -0.2) is 4.79 Å². The van der Waals surface area contributed by atoms with Crippen LogP contribution in [0.4, 0.5) is 0 Å². The minimum atomic E-state index is -1.93. The Labute approximate surface area is 476 Å². The molecule has 442 valence electrons. The number of carboxylic acids is 1. The van der Waals surface area contributed by atoms with E-state index >= 15 is 0 Å². The predicted octanol–water partition coefficient (Wildman–Crippen LogP) is 15.6. The van der Waals surface area contributed by atoms with Crippen LogP contribution < -0.4 is 0 Å². The first-order valence-electron chi connectivity index (χ1n) is 29.8. The standard InChI is InChI=1S/C67H102O12/c1-4-7-10-13-16-19-22-25-28-29-30-31-34-35-38-41-44-47-50-53-59(68)75-56-58(77-60(69)54-51-48-45-42-39-36-32-26-23-20-17-14-11-8-5-2)57-76-67-65(63(72)62(71)64(79-67)66(73)74)78-61(70)55-52-49-46-43-40-37-33-27-24-21-18-15-12-9-6-3/h7-12,16-21,25-28,30-33,35,38-39,42,58,62-65,67,71-72H,4-6,13-15,22-24,29,34,36-37,40-41,43-57H2,1-3H3,(H,73,74)/b10-7-,11-8-,12-9-,19-16-,20-17-,21-18-,28-25-,31-30-,32-26-,33-27-,38-35-,42-39-. The minimum absolute atomic E-state index is 0.0237.